The average molecular weight is 188 g/mol. The Kier molecular flexibility index (Phi) is 5.88. The quantitative estimate of drug-likeness (QED) is 0.591. The van der Waals surface area contributed by atoms with E-state index < -0.39 is 5.97 Å². The third-order valence-electron chi connectivity index (χ3n) is 1.59. The number of carbonyl (C=O) groups excluding carboxylic acids is 1. The summed E-state index contributed by atoms with van der Waals surface area (Å²) >= 11 is 0. The molecule has 0 heterocycles. The van der Waals surface area contributed by atoms with E-state index in [9.17, 15) is 9.59 Å². The van der Waals surface area contributed by atoms with Crippen LogP contribution in [0.1, 0.15) is 13.8 Å². The molecule has 76 valence electrons. The zero-order chi connectivity index (χ0) is 10.3. The van der Waals surface area contributed by atoms with Crippen LogP contribution in [0.25, 0.3) is 0 Å². The highest BCUT2D eigenvalue weighted by molar-refractivity contribution is 5.82. The molecule has 0 spiro atoms. The molecular weight excluding hydrogens is 172 g/mol. The maximum absolute atomic E-state index is 11.3. The smallest absolute Gasteiger partial charge is 0.323 e. The molecule has 0 saturated heterocycles. The van der Waals surface area contributed by atoms with Gasteiger partial charge in [0.15, 0.2) is 0 Å². The second-order valence-corrected chi connectivity index (χ2v) is 2.58. The fourth-order valence-electron chi connectivity index (χ4n) is 0.883. The van der Waals surface area contributed by atoms with E-state index in [-0.39, 0.29) is 19.0 Å². The summed E-state index contributed by atoms with van der Waals surface area (Å²) in [5.74, 6) is -1.15. The van der Waals surface area contributed by atoms with Crippen LogP contribution in [-0.4, -0.2) is 48.1 Å². The monoisotopic (exact) mass is 188 g/mol. The lowest BCUT2D eigenvalue weighted by atomic mass is 10.4. The summed E-state index contributed by atoms with van der Waals surface area (Å²) in [6, 6.07) is 0. The van der Waals surface area contributed by atoms with E-state index in [0.717, 1.165) is 0 Å². The van der Waals surface area contributed by atoms with Gasteiger partial charge in [0.25, 0.3) is 0 Å². The van der Waals surface area contributed by atoms with Crippen molar-refractivity contribution in [1.29, 1.82) is 0 Å². The molecule has 0 bridgehead atoms. The molecule has 0 aliphatic heterocycles. The van der Waals surface area contributed by atoms with Crippen LogP contribution in [0.5, 0.6) is 0 Å². The zero-order valence-electron chi connectivity index (χ0n) is 8.04. The van der Waals surface area contributed by atoms with Gasteiger partial charge >= 0.3 is 5.97 Å². The SMILES string of the molecule is CCNCC(=O)N(CC)CC(=O)O. The standard InChI is InChI=1S/C8H16N2O3/c1-3-9-5-7(11)10(4-2)6-8(12)13/h9H,3-6H2,1-2H3,(H,12,13). The summed E-state index contributed by atoms with van der Waals surface area (Å²) in [6.45, 7) is 4.76. The average Bonchev–Trinajstić information content (AvgIpc) is 2.09. The van der Waals surface area contributed by atoms with Gasteiger partial charge in [0.1, 0.15) is 6.54 Å². The minimum Gasteiger partial charge on any atom is -0.480 e. The summed E-state index contributed by atoms with van der Waals surface area (Å²) in [5.41, 5.74) is 0. The van der Waals surface area contributed by atoms with E-state index in [4.69, 9.17) is 5.11 Å². The van der Waals surface area contributed by atoms with Crippen molar-refractivity contribution in [1.82, 2.24) is 10.2 Å². The molecular formula is C8H16N2O3. The van der Waals surface area contributed by atoms with Gasteiger partial charge in [-0.1, -0.05) is 6.92 Å². The summed E-state index contributed by atoms with van der Waals surface area (Å²) < 4.78 is 0. The van der Waals surface area contributed by atoms with Crippen LogP contribution < -0.4 is 5.32 Å². The first-order valence-electron chi connectivity index (χ1n) is 4.32. The number of hydrogen-bond donors (Lipinski definition) is 2. The Balaban J connectivity index is 3.92. The van der Waals surface area contributed by atoms with Crippen molar-refractivity contribution >= 4 is 11.9 Å². The van der Waals surface area contributed by atoms with Crippen LogP contribution in [0.15, 0.2) is 0 Å². The van der Waals surface area contributed by atoms with E-state index >= 15 is 0 Å². The lowest BCUT2D eigenvalue weighted by molar-refractivity contribution is -0.143. The van der Waals surface area contributed by atoms with Gasteiger partial charge in [-0.2, -0.15) is 0 Å². The fraction of sp³-hybridized carbons (Fsp3) is 0.750. The van der Waals surface area contributed by atoms with Crippen LogP contribution in [0, 0.1) is 0 Å². The predicted molar refractivity (Wildman–Crippen MR) is 48.4 cm³/mol. The molecule has 0 aromatic heterocycles. The number of carbonyl (C=O) groups is 2. The van der Waals surface area contributed by atoms with Crippen molar-refractivity contribution in [2.24, 2.45) is 0 Å². The largest absolute Gasteiger partial charge is 0.480 e. The highest BCUT2D eigenvalue weighted by Gasteiger charge is 2.13. The Bertz CT molecular complexity index is 182. The minimum absolute atomic E-state index is 0.174. The molecule has 5 heteroatoms. The van der Waals surface area contributed by atoms with Crippen molar-refractivity contribution in [3.8, 4) is 0 Å². The molecule has 0 aliphatic rings. The van der Waals surface area contributed by atoms with Crippen molar-refractivity contribution in [3.63, 3.8) is 0 Å². The van der Waals surface area contributed by atoms with Gasteiger partial charge in [-0.25, -0.2) is 0 Å². The van der Waals surface area contributed by atoms with E-state index in [1.54, 1.807) is 6.92 Å². The first-order valence-corrected chi connectivity index (χ1v) is 4.32. The van der Waals surface area contributed by atoms with E-state index in [2.05, 4.69) is 5.32 Å². The molecule has 0 saturated carbocycles. The number of carboxylic acids is 1. The lowest BCUT2D eigenvalue weighted by Gasteiger charge is -2.18. The second kappa shape index (κ2) is 6.42. The molecule has 13 heavy (non-hydrogen) atoms. The van der Waals surface area contributed by atoms with Gasteiger partial charge in [0.05, 0.1) is 6.54 Å². The molecule has 0 fully saturated rings. The van der Waals surface area contributed by atoms with Crippen LogP contribution in [0.3, 0.4) is 0 Å². The fourth-order valence-corrected chi connectivity index (χ4v) is 0.883. The summed E-state index contributed by atoms with van der Waals surface area (Å²) in [6.07, 6.45) is 0. The Morgan fingerprint density at radius 1 is 1.38 bits per heavy atom. The number of aliphatic carboxylic acids is 1. The molecule has 0 radical (unpaired) electrons. The van der Waals surface area contributed by atoms with Crippen LogP contribution in [0.2, 0.25) is 0 Å². The summed E-state index contributed by atoms with van der Waals surface area (Å²) in [4.78, 5) is 22.9. The van der Waals surface area contributed by atoms with E-state index in [1.165, 1.54) is 4.90 Å². The zero-order valence-corrected chi connectivity index (χ0v) is 8.04. The number of nitrogens with one attached hydrogen (secondary N) is 1. The van der Waals surface area contributed by atoms with Crippen molar-refractivity contribution in [2.45, 2.75) is 13.8 Å². The molecule has 0 unspecified atom stereocenters. The van der Waals surface area contributed by atoms with Crippen molar-refractivity contribution < 1.29 is 14.7 Å². The van der Waals surface area contributed by atoms with E-state index in [1.807, 2.05) is 6.92 Å². The maximum Gasteiger partial charge on any atom is 0.323 e. The van der Waals surface area contributed by atoms with Crippen molar-refractivity contribution in [2.75, 3.05) is 26.2 Å². The number of amides is 1. The second-order valence-electron chi connectivity index (χ2n) is 2.58. The van der Waals surface area contributed by atoms with Crippen LogP contribution in [-0.2, 0) is 9.59 Å². The molecule has 1 amide bonds. The van der Waals surface area contributed by atoms with Gasteiger partial charge in [-0.05, 0) is 13.5 Å². The predicted octanol–water partition coefficient (Wildman–Crippen LogP) is -0.471. The topological polar surface area (TPSA) is 69.6 Å². The van der Waals surface area contributed by atoms with Crippen molar-refractivity contribution in [3.05, 3.63) is 0 Å². The highest BCUT2D eigenvalue weighted by atomic mass is 16.4. The Hall–Kier alpha value is -1.10. The third-order valence-corrected chi connectivity index (χ3v) is 1.59. The molecule has 0 aliphatic carbocycles. The molecule has 0 rings (SSSR count). The van der Waals surface area contributed by atoms with Crippen LogP contribution in [0.4, 0.5) is 0 Å². The summed E-state index contributed by atoms with van der Waals surface area (Å²) in [7, 11) is 0. The van der Waals surface area contributed by atoms with Crippen LogP contribution >= 0.6 is 0 Å². The van der Waals surface area contributed by atoms with Gasteiger partial charge in [-0.15, -0.1) is 0 Å². The first-order chi connectivity index (χ1) is 6.11. The Labute approximate surface area is 77.7 Å². The number of hydrogen-bond acceptors (Lipinski definition) is 3. The van der Waals surface area contributed by atoms with Gasteiger partial charge in [0.2, 0.25) is 5.91 Å². The van der Waals surface area contributed by atoms with Gasteiger partial charge < -0.3 is 15.3 Å². The molecule has 0 atom stereocenters. The molecule has 5 nitrogen and oxygen atoms in total. The maximum atomic E-state index is 11.3. The Morgan fingerprint density at radius 2 is 2.00 bits per heavy atom. The number of nitrogens with zero attached hydrogens (tertiary/aromatic N) is 1. The Morgan fingerprint density at radius 3 is 2.38 bits per heavy atom. The normalized spacial score (nSPS) is 9.69. The van der Waals surface area contributed by atoms with Gasteiger partial charge in [-0.3, -0.25) is 9.59 Å². The molecule has 2 N–H and O–H groups in total. The summed E-state index contributed by atoms with van der Waals surface area (Å²) in [5, 5.41) is 11.3. The number of carboxylic acid groups (broad SMARTS) is 1. The highest BCUT2D eigenvalue weighted by Crippen LogP contribution is 1.88. The van der Waals surface area contributed by atoms with E-state index in [0.29, 0.717) is 13.1 Å². The lowest BCUT2D eigenvalue weighted by Crippen LogP contribution is -2.40. The molecule has 0 aromatic carbocycles. The first kappa shape index (κ1) is 11.9. The minimum atomic E-state index is -0.980. The molecule has 0 aromatic rings. The number of rotatable bonds is 6. The van der Waals surface area contributed by atoms with Gasteiger partial charge in [0, 0.05) is 6.54 Å². The number of likely N-dealkylation sites (N-methyl/N-ethyl adjacent to an activating group) is 2. The third kappa shape index (κ3) is 5.19.